The van der Waals surface area contributed by atoms with E-state index in [0.29, 0.717) is 24.5 Å². The van der Waals surface area contributed by atoms with Gasteiger partial charge in [-0.2, -0.15) is 0 Å². The van der Waals surface area contributed by atoms with Crippen LogP contribution in [0.25, 0.3) is 0 Å². The van der Waals surface area contributed by atoms with Crippen LogP contribution >= 0.6 is 11.6 Å². The fourth-order valence-electron chi connectivity index (χ4n) is 2.12. The average molecular weight is 270 g/mol. The molecular formula is C13H16ClNO3. The van der Waals surface area contributed by atoms with Crippen LogP contribution in [-0.4, -0.2) is 47.1 Å². The zero-order valence-corrected chi connectivity index (χ0v) is 10.9. The predicted molar refractivity (Wildman–Crippen MR) is 69.1 cm³/mol. The zero-order valence-electron chi connectivity index (χ0n) is 10.2. The van der Waals surface area contributed by atoms with Gasteiger partial charge in [0.15, 0.2) is 0 Å². The third-order valence-electron chi connectivity index (χ3n) is 2.92. The van der Waals surface area contributed by atoms with Crippen molar-refractivity contribution in [1.82, 2.24) is 4.90 Å². The molecule has 1 aromatic rings. The maximum atomic E-state index is 12.3. The second-order valence-corrected chi connectivity index (χ2v) is 4.76. The Labute approximate surface area is 111 Å². The Kier molecular flexibility index (Phi) is 4.09. The van der Waals surface area contributed by atoms with Crippen molar-refractivity contribution < 1.29 is 14.6 Å². The van der Waals surface area contributed by atoms with Crippen LogP contribution in [0.4, 0.5) is 0 Å². The lowest BCUT2D eigenvalue weighted by molar-refractivity contribution is -0.0571. The second-order valence-electron chi connectivity index (χ2n) is 4.45. The van der Waals surface area contributed by atoms with E-state index in [4.69, 9.17) is 16.3 Å². The first-order valence-electron chi connectivity index (χ1n) is 5.90. The number of amides is 1. The fraction of sp³-hybridized carbons (Fsp3) is 0.462. The zero-order chi connectivity index (χ0) is 13.1. The molecule has 0 bridgehead atoms. The molecule has 0 aromatic heterocycles. The smallest absolute Gasteiger partial charge is 0.257 e. The van der Waals surface area contributed by atoms with E-state index in [9.17, 15) is 9.90 Å². The number of ether oxygens (including phenoxy) is 1. The number of phenols is 1. The molecule has 1 aliphatic heterocycles. The molecule has 2 rings (SSSR count). The summed E-state index contributed by atoms with van der Waals surface area (Å²) >= 11 is 5.78. The quantitative estimate of drug-likeness (QED) is 0.834. The van der Waals surface area contributed by atoms with Gasteiger partial charge in [0.1, 0.15) is 5.75 Å². The van der Waals surface area contributed by atoms with E-state index >= 15 is 0 Å². The van der Waals surface area contributed by atoms with Gasteiger partial charge in [-0.05, 0) is 19.1 Å². The van der Waals surface area contributed by atoms with E-state index in [0.717, 1.165) is 0 Å². The minimum Gasteiger partial charge on any atom is -0.507 e. The van der Waals surface area contributed by atoms with Gasteiger partial charge in [0.25, 0.3) is 5.91 Å². The third-order valence-corrected chi connectivity index (χ3v) is 3.26. The lowest BCUT2D eigenvalue weighted by Crippen LogP contribution is -2.49. The highest BCUT2D eigenvalue weighted by Gasteiger charge is 2.29. The Hall–Kier alpha value is -1.26. The summed E-state index contributed by atoms with van der Waals surface area (Å²) in [5.74, 6) is 0.178. The van der Waals surface area contributed by atoms with Gasteiger partial charge >= 0.3 is 0 Å². The summed E-state index contributed by atoms with van der Waals surface area (Å²) in [5, 5.41) is 9.70. The van der Waals surface area contributed by atoms with Crippen LogP contribution in [0, 0.1) is 0 Å². The molecule has 1 fully saturated rings. The average Bonchev–Trinajstić information content (AvgIpc) is 2.37. The van der Waals surface area contributed by atoms with Crippen molar-refractivity contribution in [3.05, 3.63) is 29.8 Å². The number of rotatable bonds is 2. The molecule has 0 spiro atoms. The molecule has 5 heteroatoms. The monoisotopic (exact) mass is 269 g/mol. The number of phenolic OH excluding ortho intramolecular Hbond substituents is 1. The molecule has 18 heavy (non-hydrogen) atoms. The normalized spacial score (nSPS) is 24.0. The summed E-state index contributed by atoms with van der Waals surface area (Å²) in [7, 11) is 0. The number of carbonyl (C=O) groups excluding carboxylic acids is 1. The predicted octanol–water partition coefficient (Wildman–Crippen LogP) is 1.86. The Bertz CT molecular complexity index is 438. The van der Waals surface area contributed by atoms with E-state index in [1.165, 1.54) is 6.07 Å². The van der Waals surface area contributed by atoms with Crippen molar-refractivity contribution in [2.45, 2.75) is 19.1 Å². The van der Waals surface area contributed by atoms with Crippen molar-refractivity contribution in [3.63, 3.8) is 0 Å². The number of morpholine rings is 1. The summed E-state index contributed by atoms with van der Waals surface area (Å²) in [4.78, 5) is 14.0. The van der Waals surface area contributed by atoms with Crippen molar-refractivity contribution in [1.29, 1.82) is 0 Å². The van der Waals surface area contributed by atoms with Gasteiger partial charge in [0, 0.05) is 13.1 Å². The van der Waals surface area contributed by atoms with Gasteiger partial charge in [-0.3, -0.25) is 4.79 Å². The molecule has 1 amide bonds. The first-order valence-corrected chi connectivity index (χ1v) is 6.44. The number of carbonyl (C=O) groups is 1. The molecule has 1 aliphatic rings. The van der Waals surface area contributed by atoms with E-state index in [1.54, 1.807) is 23.1 Å². The number of alkyl halides is 1. The molecule has 0 saturated carbocycles. The second kappa shape index (κ2) is 5.59. The summed E-state index contributed by atoms with van der Waals surface area (Å²) in [6, 6.07) is 6.55. The summed E-state index contributed by atoms with van der Waals surface area (Å²) in [6.45, 7) is 2.88. The summed E-state index contributed by atoms with van der Waals surface area (Å²) in [5.41, 5.74) is 0.319. The van der Waals surface area contributed by atoms with Crippen LogP contribution in [0.5, 0.6) is 5.75 Å². The standard InChI is InChI=1S/C13H16ClNO3/c1-9-7-15(8-10(6-14)18-9)13(17)11-4-2-3-5-12(11)16/h2-5,9-10,16H,6-8H2,1H3. The van der Waals surface area contributed by atoms with Crippen LogP contribution in [0.3, 0.4) is 0 Å². The topological polar surface area (TPSA) is 49.8 Å². The van der Waals surface area contributed by atoms with Gasteiger partial charge in [0.2, 0.25) is 0 Å². The fourth-order valence-corrected chi connectivity index (χ4v) is 2.29. The largest absolute Gasteiger partial charge is 0.507 e. The molecule has 4 nitrogen and oxygen atoms in total. The van der Waals surface area contributed by atoms with Crippen LogP contribution in [-0.2, 0) is 4.74 Å². The highest BCUT2D eigenvalue weighted by molar-refractivity contribution is 6.18. The van der Waals surface area contributed by atoms with Crippen molar-refractivity contribution >= 4 is 17.5 Å². The Morgan fingerprint density at radius 2 is 2.22 bits per heavy atom. The molecule has 0 radical (unpaired) electrons. The summed E-state index contributed by atoms with van der Waals surface area (Å²) < 4.78 is 5.59. The molecule has 2 unspecified atom stereocenters. The van der Waals surface area contributed by atoms with Crippen LogP contribution in [0.15, 0.2) is 24.3 Å². The highest BCUT2D eigenvalue weighted by atomic mass is 35.5. The molecule has 1 heterocycles. The number of hydrogen-bond donors (Lipinski definition) is 1. The maximum absolute atomic E-state index is 12.3. The van der Waals surface area contributed by atoms with Crippen LogP contribution in [0.2, 0.25) is 0 Å². The van der Waals surface area contributed by atoms with Gasteiger partial charge in [-0.25, -0.2) is 0 Å². The third kappa shape index (κ3) is 2.76. The molecule has 1 N–H and O–H groups in total. The van der Waals surface area contributed by atoms with Gasteiger partial charge in [-0.1, -0.05) is 12.1 Å². The molecule has 1 aromatic carbocycles. The Morgan fingerprint density at radius 3 is 2.89 bits per heavy atom. The van der Waals surface area contributed by atoms with Crippen molar-refractivity contribution in [3.8, 4) is 5.75 Å². The van der Waals surface area contributed by atoms with E-state index in [2.05, 4.69) is 0 Å². The van der Waals surface area contributed by atoms with Gasteiger partial charge in [0.05, 0.1) is 23.7 Å². The first-order chi connectivity index (χ1) is 8.61. The first kappa shape index (κ1) is 13.2. The molecule has 0 aliphatic carbocycles. The van der Waals surface area contributed by atoms with Crippen LogP contribution in [0.1, 0.15) is 17.3 Å². The summed E-state index contributed by atoms with van der Waals surface area (Å²) in [6.07, 6.45) is -0.192. The minimum absolute atomic E-state index is 0.00377. The number of aromatic hydroxyl groups is 1. The van der Waals surface area contributed by atoms with Crippen molar-refractivity contribution in [2.75, 3.05) is 19.0 Å². The number of nitrogens with zero attached hydrogens (tertiary/aromatic N) is 1. The Morgan fingerprint density at radius 1 is 1.50 bits per heavy atom. The lowest BCUT2D eigenvalue weighted by atomic mass is 10.1. The number of hydrogen-bond acceptors (Lipinski definition) is 3. The minimum atomic E-state index is -0.182. The highest BCUT2D eigenvalue weighted by Crippen LogP contribution is 2.21. The van der Waals surface area contributed by atoms with E-state index in [1.807, 2.05) is 6.92 Å². The lowest BCUT2D eigenvalue weighted by Gasteiger charge is -2.36. The molecule has 2 atom stereocenters. The molecular weight excluding hydrogens is 254 g/mol. The van der Waals surface area contributed by atoms with E-state index in [-0.39, 0.29) is 23.9 Å². The van der Waals surface area contributed by atoms with E-state index < -0.39 is 0 Å². The Balaban J connectivity index is 2.16. The number of halogens is 1. The number of benzene rings is 1. The van der Waals surface area contributed by atoms with Crippen LogP contribution < -0.4 is 0 Å². The van der Waals surface area contributed by atoms with Crippen molar-refractivity contribution in [2.24, 2.45) is 0 Å². The molecule has 1 saturated heterocycles. The van der Waals surface area contributed by atoms with Gasteiger partial charge in [-0.15, -0.1) is 11.6 Å². The number of para-hydroxylation sites is 1. The van der Waals surface area contributed by atoms with Gasteiger partial charge < -0.3 is 14.7 Å². The SMILES string of the molecule is CC1CN(C(=O)c2ccccc2O)CC(CCl)O1. The molecule has 98 valence electrons. The maximum Gasteiger partial charge on any atom is 0.257 e.